The van der Waals surface area contributed by atoms with Crippen molar-refractivity contribution in [3.63, 3.8) is 0 Å². The Balaban J connectivity index is 2.10. The first-order chi connectivity index (χ1) is 11.3. The molecule has 2 atom stereocenters. The topological polar surface area (TPSA) is 66.4 Å². The minimum Gasteiger partial charge on any atom is -0.388 e. The number of nitrogens with one attached hydrogen (secondary N) is 1. The van der Waals surface area contributed by atoms with Gasteiger partial charge in [-0.25, -0.2) is 13.1 Å². The molecule has 2 N–H and O–H groups in total. The molecule has 24 heavy (non-hydrogen) atoms. The lowest BCUT2D eigenvalue weighted by atomic mass is 9.91. The smallest absolute Gasteiger partial charge is 0.240 e. The zero-order valence-electron chi connectivity index (χ0n) is 14.4. The maximum Gasteiger partial charge on any atom is 0.240 e. The van der Waals surface area contributed by atoms with Crippen molar-refractivity contribution >= 4 is 10.0 Å². The van der Waals surface area contributed by atoms with E-state index in [1.807, 2.05) is 45.0 Å². The van der Waals surface area contributed by atoms with Gasteiger partial charge in [0.1, 0.15) is 0 Å². The SMILES string of the molecule is CC[C@H](CNS(=O)(=O)c1ccc(C)cc1)[C@H](O)c1ccccc1C. The van der Waals surface area contributed by atoms with Crippen molar-refractivity contribution in [2.45, 2.75) is 38.2 Å². The van der Waals surface area contributed by atoms with Gasteiger partial charge in [-0.05, 0) is 43.5 Å². The summed E-state index contributed by atoms with van der Waals surface area (Å²) >= 11 is 0. The van der Waals surface area contributed by atoms with E-state index < -0.39 is 16.1 Å². The van der Waals surface area contributed by atoms with Crippen molar-refractivity contribution in [1.82, 2.24) is 4.72 Å². The van der Waals surface area contributed by atoms with Gasteiger partial charge in [0.2, 0.25) is 10.0 Å². The average molecular weight is 347 g/mol. The number of hydrogen-bond donors (Lipinski definition) is 2. The zero-order chi connectivity index (χ0) is 17.7. The predicted octanol–water partition coefficient (Wildman–Crippen LogP) is 3.34. The molecule has 2 aromatic carbocycles. The van der Waals surface area contributed by atoms with Crippen molar-refractivity contribution in [3.8, 4) is 0 Å². The molecule has 4 nitrogen and oxygen atoms in total. The van der Waals surface area contributed by atoms with Crippen molar-refractivity contribution in [1.29, 1.82) is 0 Å². The molecule has 0 aliphatic heterocycles. The van der Waals surface area contributed by atoms with Crippen LogP contribution in [0.2, 0.25) is 0 Å². The fourth-order valence-electron chi connectivity index (χ4n) is 2.67. The Morgan fingerprint density at radius 1 is 1.04 bits per heavy atom. The molecule has 0 unspecified atom stereocenters. The molecule has 0 aliphatic rings. The summed E-state index contributed by atoms with van der Waals surface area (Å²) in [7, 11) is -3.57. The van der Waals surface area contributed by atoms with Gasteiger partial charge < -0.3 is 5.11 Å². The molecule has 2 rings (SSSR count). The average Bonchev–Trinajstić information content (AvgIpc) is 2.56. The Bertz CT molecular complexity index is 769. The van der Waals surface area contributed by atoms with Gasteiger partial charge in [-0.3, -0.25) is 0 Å². The van der Waals surface area contributed by atoms with Crippen LogP contribution in [0.25, 0.3) is 0 Å². The van der Waals surface area contributed by atoms with Crippen LogP contribution >= 0.6 is 0 Å². The number of aliphatic hydroxyl groups excluding tert-OH is 1. The first kappa shape index (κ1) is 18.6. The van der Waals surface area contributed by atoms with E-state index in [-0.39, 0.29) is 17.4 Å². The molecule has 0 radical (unpaired) electrons. The quantitative estimate of drug-likeness (QED) is 0.807. The number of rotatable bonds is 7. The largest absolute Gasteiger partial charge is 0.388 e. The lowest BCUT2D eigenvalue weighted by Crippen LogP contribution is -2.32. The highest BCUT2D eigenvalue weighted by Gasteiger charge is 2.23. The van der Waals surface area contributed by atoms with Crippen LogP contribution < -0.4 is 4.72 Å². The first-order valence-electron chi connectivity index (χ1n) is 8.15. The minimum absolute atomic E-state index is 0.189. The molecule has 0 aliphatic carbocycles. The van der Waals surface area contributed by atoms with Gasteiger partial charge in [0, 0.05) is 12.5 Å². The van der Waals surface area contributed by atoms with Crippen LogP contribution in [-0.2, 0) is 10.0 Å². The highest BCUT2D eigenvalue weighted by atomic mass is 32.2. The lowest BCUT2D eigenvalue weighted by molar-refractivity contribution is 0.107. The van der Waals surface area contributed by atoms with E-state index in [9.17, 15) is 13.5 Å². The van der Waals surface area contributed by atoms with E-state index >= 15 is 0 Å². The molecule has 0 bridgehead atoms. The maximum absolute atomic E-state index is 12.4. The summed E-state index contributed by atoms with van der Waals surface area (Å²) in [4.78, 5) is 0.244. The van der Waals surface area contributed by atoms with Crippen LogP contribution in [0.3, 0.4) is 0 Å². The molecule has 0 saturated carbocycles. The van der Waals surface area contributed by atoms with Crippen molar-refractivity contribution < 1.29 is 13.5 Å². The number of hydrogen-bond acceptors (Lipinski definition) is 3. The Kier molecular flexibility index (Phi) is 6.15. The molecule has 2 aromatic rings. The Morgan fingerprint density at radius 2 is 1.67 bits per heavy atom. The second-order valence-electron chi connectivity index (χ2n) is 6.13. The van der Waals surface area contributed by atoms with E-state index in [0.29, 0.717) is 6.42 Å². The summed E-state index contributed by atoms with van der Waals surface area (Å²) in [5.41, 5.74) is 2.86. The second-order valence-corrected chi connectivity index (χ2v) is 7.90. The lowest BCUT2D eigenvalue weighted by Gasteiger charge is -2.23. The molecule has 0 fully saturated rings. The Hall–Kier alpha value is -1.69. The van der Waals surface area contributed by atoms with Crippen LogP contribution in [0.5, 0.6) is 0 Å². The molecule has 130 valence electrons. The number of aryl methyl sites for hydroxylation is 2. The molecule has 0 saturated heterocycles. The maximum atomic E-state index is 12.4. The van der Waals surface area contributed by atoms with Crippen LogP contribution in [0.4, 0.5) is 0 Å². The Morgan fingerprint density at radius 3 is 2.25 bits per heavy atom. The normalized spacial score (nSPS) is 14.3. The monoisotopic (exact) mass is 347 g/mol. The van der Waals surface area contributed by atoms with E-state index in [4.69, 9.17) is 0 Å². The van der Waals surface area contributed by atoms with Crippen molar-refractivity contribution in [3.05, 3.63) is 65.2 Å². The van der Waals surface area contributed by atoms with E-state index in [2.05, 4.69) is 4.72 Å². The fraction of sp³-hybridized carbons (Fsp3) is 0.368. The molecule has 5 heteroatoms. The van der Waals surface area contributed by atoms with Gasteiger partial charge in [0.25, 0.3) is 0 Å². The third kappa shape index (κ3) is 4.44. The van der Waals surface area contributed by atoms with Crippen LogP contribution in [0, 0.1) is 19.8 Å². The predicted molar refractivity (Wildman–Crippen MR) is 96.3 cm³/mol. The van der Waals surface area contributed by atoms with Gasteiger partial charge >= 0.3 is 0 Å². The van der Waals surface area contributed by atoms with E-state index in [1.165, 1.54) is 0 Å². The summed E-state index contributed by atoms with van der Waals surface area (Å²) in [6.07, 6.45) is -0.0248. The van der Waals surface area contributed by atoms with Crippen LogP contribution in [-0.4, -0.2) is 20.1 Å². The van der Waals surface area contributed by atoms with Crippen LogP contribution in [0.15, 0.2) is 53.4 Å². The third-order valence-corrected chi connectivity index (χ3v) is 5.78. The standard InChI is InChI=1S/C19H25NO3S/c1-4-16(19(21)18-8-6-5-7-15(18)3)13-20-24(22,23)17-11-9-14(2)10-12-17/h5-12,16,19-21H,4,13H2,1-3H3/t16-,19+/m1/s1. The highest BCUT2D eigenvalue weighted by Crippen LogP contribution is 2.27. The summed E-state index contributed by atoms with van der Waals surface area (Å²) in [5.74, 6) is -0.189. The molecular weight excluding hydrogens is 322 g/mol. The number of benzene rings is 2. The molecule has 0 amide bonds. The molecule has 0 aromatic heterocycles. The van der Waals surface area contributed by atoms with Crippen LogP contribution in [0.1, 0.15) is 36.1 Å². The molecule has 0 spiro atoms. The van der Waals surface area contributed by atoms with Crippen molar-refractivity contribution in [2.24, 2.45) is 5.92 Å². The summed E-state index contributed by atoms with van der Waals surface area (Å²) in [6, 6.07) is 14.4. The summed E-state index contributed by atoms with van der Waals surface area (Å²) in [6.45, 7) is 6.01. The number of sulfonamides is 1. The highest BCUT2D eigenvalue weighted by molar-refractivity contribution is 7.89. The third-order valence-electron chi connectivity index (χ3n) is 4.34. The van der Waals surface area contributed by atoms with E-state index in [1.54, 1.807) is 24.3 Å². The fourth-order valence-corrected chi connectivity index (χ4v) is 3.76. The Labute approximate surface area is 144 Å². The second kappa shape index (κ2) is 7.92. The van der Waals surface area contributed by atoms with Gasteiger partial charge in [-0.15, -0.1) is 0 Å². The van der Waals surface area contributed by atoms with Gasteiger partial charge in [0.05, 0.1) is 11.0 Å². The van der Waals surface area contributed by atoms with Gasteiger partial charge in [0.15, 0.2) is 0 Å². The van der Waals surface area contributed by atoms with Gasteiger partial charge in [-0.2, -0.15) is 0 Å². The summed E-state index contributed by atoms with van der Waals surface area (Å²) < 4.78 is 27.4. The minimum atomic E-state index is -3.57. The molecular formula is C19H25NO3S. The van der Waals surface area contributed by atoms with E-state index in [0.717, 1.165) is 16.7 Å². The van der Waals surface area contributed by atoms with Gasteiger partial charge in [-0.1, -0.05) is 48.9 Å². The first-order valence-corrected chi connectivity index (χ1v) is 9.63. The zero-order valence-corrected chi connectivity index (χ0v) is 15.2. The molecule has 0 heterocycles. The summed E-state index contributed by atoms with van der Waals surface area (Å²) in [5, 5.41) is 10.6. The number of aliphatic hydroxyl groups is 1. The van der Waals surface area contributed by atoms with Crippen molar-refractivity contribution in [2.75, 3.05) is 6.54 Å².